The summed E-state index contributed by atoms with van der Waals surface area (Å²) < 4.78 is 0. The van der Waals surface area contributed by atoms with Gasteiger partial charge in [-0.1, -0.05) is 273 Å². The second-order valence-corrected chi connectivity index (χ2v) is 27.1. The molecular weight excluding hydrogens is 1260 g/mol. The van der Waals surface area contributed by atoms with Crippen LogP contribution in [0.4, 0.5) is 62.6 Å². The number of hydrogen-bond acceptors (Lipinski definition) is 4. The first-order valence-electron chi connectivity index (χ1n) is 36.0. The molecule has 0 radical (unpaired) electrons. The van der Waals surface area contributed by atoms with E-state index < -0.39 is 0 Å². The van der Waals surface area contributed by atoms with Crippen LogP contribution < -0.4 is 19.6 Å². The van der Waals surface area contributed by atoms with Crippen molar-refractivity contribution < 1.29 is 0 Å². The highest BCUT2D eigenvalue weighted by Crippen LogP contribution is 2.53. The number of nitrogens with zero attached hydrogens (tertiary/aromatic N) is 4. The van der Waals surface area contributed by atoms with Gasteiger partial charge >= 0.3 is 0 Å². The molecule has 490 valence electrons. The van der Waals surface area contributed by atoms with E-state index in [9.17, 15) is 0 Å². The van der Waals surface area contributed by atoms with Crippen molar-refractivity contribution in [3.05, 3.63) is 418 Å². The van der Waals surface area contributed by atoms with Crippen LogP contribution >= 0.6 is 0 Å². The molecule has 0 heterocycles. The average molecular weight is 1330 g/mol. The molecule has 0 fully saturated rings. The van der Waals surface area contributed by atoms with Gasteiger partial charge in [0, 0.05) is 79.8 Å². The normalized spacial score (nSPS) is 13.9. The predicted molar refractivity (Wildman–Crippen MR) is 443 cm³/mol. The summed E-state index contributed by atoms with van der Waals surface area (Å²) in [7, 11) is 0. The molecule has 17 aromatic carbocycles. The third-order valence-corrected chi connectivity index (χ3v) is 21.0. The van der Waals surface area contributed by atoms with Crippen LogP contribution in [0, 0.1) is 11.8 Å². The summed E-state index contributed by atoms with van der Waals surface area (Å²) >= 11 is 0. The molecule has 0 bridgehead atoms. The van der Waals surface area contributed by atoms with E-state index in [1.165, 1.54) is 48.8 Å². The lowest BCUT2D eigenvalue weighted by Crippen LogP contribution is -2.27. The van der Waals surface area contributed by atoms with Crippen LogP contribution in [0.15, 0.2) is 418 Å². The zero-order chi connectivity index (χ0) is 68.9. The van der Waals surface area contributed by atoms with E-state index >= 15 is 0 Å². The van der Waals surface area contributed by atoms with Gasteiger partial charge in [0.05, 0.1) is 5.69 Å². The summed E-state index contributed by atoms with van der Waals surface area (Å²) in [5.74, 6) is 0.440. The Morgan fingerprint density at radius 1 is 0.212 bits per heavy atom. The zero-order valence-corrected chi connectivity index (χ0v) is 57.2. The summed E-state index contributed by atoms with van der Waals surface area (Å²) in [5.41, 5.74) is 19.9. The Labute approximate surface area is 606 Å². The Bertz CT molecular complexity index is 6220. The van der Waals surface area contributed by atoms with Crippen LogP contribution in [0.1, 0.15) is 0 Å². The van der Waals surface area contributed by atoms with E-state index in [1.807, 2.05) is 0 Å². The van der Waals surface area contributed by atoms with Crippen molar-refractivity contribution >= 4 is 127 Å². The topological polar surface area (TPSA) is 13.0 Å². The van der Waals surface area contributed by atoms with Gasteiger partial charge in [-0.3, -0.25) is 0 Å². The standard InChI is InChI=1S/C100H70N4/c1-6-28-73(29-7-1)92-68-93(74-50-54-82(55-51-74)103(80-40-12-4-13-41-80)96-46-24-34-71-30-20-22-44-88(71)96)99-90-62-60-86(101(78-36-8-2-9-37-78)84-58-48-69-26-16-18-32-76(69)64-84)66-94(90)95-67-87(102(79-38-10-3-11-39-79)85-59-49-70-27-17-19-33-77(70)65-85)61-63-91(95)100(99)98(92)75-52-56-83(57-53-75)104(81-42-14-5-15-43-81)97-47-25-35-72-31-21-23-45-89(72)97/h1-68,72,89H. The van der Waals surface area contributed by atoms with Crippen molar-refractivity contribution in [3.63, 3.8) is 0 Å². The van der Waals surface area contributed by atoms with E-state index in [2.05, 4.69) is 432 Å². The largest absolute Gasteiger partial charge is 0.314 e. The van der Waals surface area contributed by atoms with Gasteiger partial charge in [0.1, 0.15) is 0 Å². The summed E-state index contributed by atoms with van der Waals surface area (Å²) in [6, 6.07) is 137. The van der Waals surface area contributed by atoms with Gasteiger partial charge in [0.2, 0.25) is 0 Å². The fourth-order valence-electron chi connectivity index (χ4n) is 16.2. The van der Waals surface area contributed by atoms with Gasteiger partial charge in [-0.25, -0.2) is 0 Å². The van der Waals surface area contributed by atoms with Crippen molar-refractivity contribution in [2.24, 2.45) is 11.8 Å². The van der Waals surface area contributed by atoms with Crippen LogP contribution in [0.5, 0.6) is 0 Å². The average Bonchev–Trinajstić information content (AvgIpc) is 0.704. The molecule has 2 atom stereocenters. The Morgan fingerprint density at radius 3 is 1.19 bits per heavy atom. The molecule has 0 aliphatic heterocycles. The zero-order valence-electron chi connectivity index (χ0n) is 57.2. The SMILES string of the molecule is C1=CC2C=CC=C(N(c3ccccc3)c3ccc(-c4c(-c5ccccc5)cc(-c5ccc(N(c6ccccc6)c6cccc7ccccc67)cc5)c5c6ccc(N(c7ccccc7)c7ccc8ccccc8c7)cc6c6cc(N(c7ccccc7)c7ccc8ccccc8c7)ccc6c45)cc3)C2C=C1. The monoisotopic (exact) mass is 1330 g/mol. The van der Waals surface area contributed by atoms with Gasteiger partial charge in [-0.15, -0.1) is 0 Å². The minimum absolute atomic E-state index is 0.177. The van der Waals surface area contributed by atoms with Gasteiger partial charge in [0.25, 0.3) is 0 Å². The maximum Gasteiger partial charge on any atom is 0.0540 e. The second kappa shape index (κ2) is 26.5. The highest BCUT2D eigenvalue weighted by atomic mass is 15.2. The molecule has 2 aliphatic carbocycles. The van der Waals surface area contributed by atoms with Gasteiger partial charge in [0.15, 0.2) is 0 Å². The summed E-state index contributed by atoms with van der Waals surface area (Å²) in [6.45, 7) is 0. The molecule has 0 aromatic heterocycles. The molecule has 4 nitrogen and oxygen atoms in total. The lowest BCUT2D eigenvalue weighted by Gasteiger charge is -2.36. The van der Waals surface area contributed by atoms with Crippen LogP contribution in [0.3, 0.4) is 0 Å². The highest BCUT2D eigenvalue weighted by molar-refractivity contribution is 6.34. The molecule has 0 spiro atoms. The number of allylic oxidation sites excluding steroid dienone is 7. The van der Waals surface area contributed by atoms with Crippen LogP contribution in [0.25, 0.3) is 98.0 Å². The molecule has 17 aromatic rings. The first kappa shape index (κ1) is 61.5. The third-order valence-electron chi connectivity index (χ3n) is 21.0. The van der Waals surface area contributed by atoms with E-state index in [-0.39, 0.29) is 11.8 Å². The van der Waals surface area contributed by atoms with Gasteiger partial charge < -0.3 is 19.6 Å². The predicted octanol–water partition coefficient (Wildman–Crippen LogP) is 28.0. The Morgan fingerprint density at radius 2 is 0.615 bits per heavy atom. The number of rotatable bonds is 15. The molecule has 104 heavy (non-hydrogen) atoms. The molecule has 0 saturated heterocycles. The van der Waals surface area contributed by atoms with Crippen molar-refractivity contribution in [2.45, 2.75) is 0 Å². The summed E-state index contributed by atoms with van der Waals surface area (Å²) in [4.78, 5) is 9.72. The van der Waals surface area contributed by atoms with Crippen LogP contribution in [0.2, 0.25) is 0 Å². The van der Waals surface area contributed by atoms with E-state index in [0.717, 1.165) is 117 Å². The Kier molecular flexibility index (Phi) is 15.7. The fourth-order valence-corrected chi connectivity index (χ4v) is 16.2. The van der Waals surface area contributed by atoms with E-state index in [4.69, 9.17) is 0 Å². The third kappa shape index (κ3) is 11.1. The Balaban J connectivity index is 0.911. The number of fused-ring (bicyclic) bond motifs is 10. The molecule has 0 amide bonds. The van der Waals surface area contributed by atoms with Crippen molar-refractivity contribution in [1.29, 1.82) is 0 Å². The number of hydrogen-bond donors (Lipinski definition) is 0. The first-order chi connectivity index (χ1) is 51.6. The Hall–Kier alpha value is -13.5. The number of para-hydroxylation sites is 4. The van der Waals surface area contributed by atoms with Crippen LogP contribution in [-0.4, -0.2) is 0 Å². The lowest BCUT2D eigenvalue weighted by molar-refractivity contribution is 0.612. The van der Waals surface area contributed by atoms with E-state index in [1.54, 1.807) is 0 Å². The maximum absolute atomic E-state index is 2.50. The quantitative estimate of drug-likeness (QED) is 0.0949. The van der Waals surface area contributed by atoms with Crippen molar-refractivity contribution in [2.75, 3.05) is 19.6 Å². The molecule has 0 N–H and O–H groups in total. The highest BCUT2D eigenvalue weighted by Gasteiger charge is 2.30. The summed E-state index contributed by atoms with van der Waals surface area (Å²) in [6.07, 6.45) is 15.9. The fraction of sp³-hybridized carbons (Fsp3) is 0.0200. The van der Waals surface area contributed by atoms with Gasteiger partial charge in [-0.2, -0.15) is 0 Å². The van der Waals surface area contributed by atoms with Crippen LogP contribution in [-0.2, 0) is 0 Å². The number of benzene rings is 17. The van der Waals surface area contributed by atoms with E-state index in [0.29, 0.717) is 0 Å². The van der Waals surface area contributed by atoms with Crippen molar-refractivity contribution in [3.8, 4) is 33.4 Å². The number of anilines is 11. The minimum atomic E-state index is 0.177. The smallest absolute Gasteiger partial charge is 0.0540 e. The lowest BCUT2D eigenvalue weighted by atomic mass is 9.81. The molecule has 2 unspecified atom stereocenters. The first-order valence-corrected chi connectivity index (χ1v) is 36.0. The van der Waals surface area contributed by atoms with Crippen molar-refractivity contribution in [1.82, 2.24) is 0 Å². The van der Waals surface area contributed by atoms with Gasteiger partial charge in [-0.05, 0) is 232 Å². The summed E-state index contributed by atoms with van der Waals surface area (Å²) in [5, 5.41) is 14.0. The molecule has 4 heteroatoms. The molecular formula is C100H70N4. The minimum Gasteiger partial charge on any atom is -0.314 e. The molecule has 2 aliphatic rings. The maximum atomic E-state index is 2.50. The second-order valence-electron chi connectivity index (χ2n) is 27.1. The molecule has 0 saturated carbocycles. The molecule has 19 rings (SSSR count).